The smallest absolute Gasteiger partial charge is 0.125 e. The van der Waals surface area contributed by atoms with Gasteiger partial charge in [-0.3, -0.25) is 0 Å². The minimum Gasteiger partial charge on any atom is -0.493 e. The third-order valence-electron chi connectivity index (χ3n) is 6.30. The number of ether oxygens (including phenoxy) is 4. The van der Waals surface area contributed by atoms with Gasteiger partial charge < -0.3 is 40.6 Å². The van der Waals surface area contributed by atoms with Crippen molar-refractivity contribution < 1.29 is 29.2 Å². The number of aliphatic hydroxyl groups excluding tert-OH is 2. The topological polar surface area (TPSA) is 129 Å². The van der Waals surface area contributed by atoms with E-state index in [2.05, 4.69) is 12.1 Å². The molecule has 0 amide bonds. The number of hydrogen-bond donors (Lipinski definition) is 4. The minimum absolute atomic E-state index is 0.0807. The van der Waals surface area contributed by atoms with Gasteiger partial charge in [0.2, 0.25) is 0 Å². The van der Waals surface area contributed by atoms with E-state index in [0.29, 0.717) is 81.6 Å². The number of nitrogens with two attached hydrogens (primary N) is 2. The fraction of sp³-hybridized carbons (Fsp3) is 0.438. The maximum atomic E-state index is 10.7. The number of benzene rings is 3. The Hall–Kier alpha value is -3.14. The Morgan fingerprint density at radius 2 is 1.38 bits per heavy atom. The molecule has 0 spiro atoms. The summed E-state index contributed by atoms with van der Waals surface area (Å²) in [5.41, 5.74) is 14.4. The zero-order chi connectivity index (χ0) is 28.4. The Kier molecular flexibility index (Phi) is 14.3. The average Bonchev–Trinajstić information content (AvgIpc) is 2.97. The normalized spacial score (nSPS) is 12.6. The van der Waals surface area contributed by atoms with Crippen LogP contribution in [-0.4, -0.2) is 49.7 Å². The van der Waals surface area contributed by atoms with Crippen LogP contribution in [0.2, 0.25) is 0 Å². The Bertz CT molecular complexity index is 1100. The summed E-state index contributed by atoms with van der Waals surface area (Å²) < 4.78 is 24.0. The maximum absolute atomic E-state index is 10.7. The van der Waals surface area contributed by atoms with E-state index >= 15 is 0 Å². The van der Waals surface area contributed by atoms with Crippen molar-refractivity contribution in [2.75, 3.05) is 39.5 Å². The van der Waals surface area contributed by atoms with Crippen molar-refractivity contribution >= 4 is 0 Å². The lowest BCUT2D eigenvalue weighted by molar-refractivity contribution is 0.113. The maximum Gasteiger partial charge on any atom is 0.125 e. The summed E-state index contributed by atoms with van der Waals surface area (Å²) in [6, 6.07) is 23.3. The van der Waals surface area contributed by atoms with Crippen LogP contribution in [0.1, 0.15) is 61.0 Å². The first-order valence-corrected chi connectivity index (χ1v) is 14.1. The molecule has 0 aliphatic heterocycles. The average molecular weight is 553 g/mol. The van der Waals surface area contributed by atoms with Gasteiger partial charge in [-0.1, -0.05) is 42.5 Å². The Morgan fingerprint density at radius 1 is 0.675 bits per heavy atom. The molecule has 3 aromatic rings. The van der Waals surface area contributed by atoms with Crippen LogP contribution < -0.4 is 25.7 Å². The molecule has 3 rings (SSSR count). The summed E-state index contributed by atoms with van der Waals surface area (Å²) in [5, 5.41) is 19.7. The van der Waals surface area contributed by atoms with Gasteiger partial charge in [-0.15, -0.1) is 0 Å². The molecule has 0 aliphatic rings. The molecule has 0 aliphatic carbocycles. The van der Waals surface area contributed by atoms with Gasteiger partial charge in [0.25, 0.3) is 0 Å². The Balaban J connectivity index is 1.62. The van der Waals surface area contributed by atoms with E-state index in [1.165, 1.54) is 0 Å². The zero-order valence-electron chi connectivity index (χ0n) is 23.3. The van der Waals surface area contributed by atoms with Crippen LogP contribution in [0.3, 0.4) is 0 Å². The Labute approximate surface area is 237 Å². The van der Waals surface area contributed by atoms with Crippen molar-refractivity contribution in [1.82, 2.24) is 0 Å². The van der Waals surface area contributed by atoms with Gasteiger partial charge >= 0.3 is 0 Å². The summed E-state index contributed by atoms with van der Waals surface area (Å²) in [4.78, 5) is 0. The lowest BCUT2D eigenvalue weighted by atomic mass is 10.0. The van der Waals surface area contributed by atoms with Gasteiger partial charge in [-0.05, 0) is 73.3 Å². The summed E-state index contributed by atoms with van der Waals surface area (Å²) >= 11 is 0. The first kappa shape index (κ1) is 31.4. The second-order valence-corrected chi connectivity index (χ2v) is 9.61. The first-order valence-electron chi connectivity index (χ1n) is 14.1. The van der Waals surface area contributed by atoms with E-state index in [-0.39, 0.29) is 12.7 Å². The SMILES string of the molecule is NCCC(O)c1cc(OCCCCOCc2ccccc2)cc(OC(CCN)c2cccc(OCCCO)c2)c1. The van der Waals surface area contributed by atoms with E-state index < -0.39 is 6.10 Å². The van der Waals surface area contributed by atoms with Gasteiger partial charge in [0, 0.05) is 32.1 Å². The highest BCUT2D eigenvalue weighted by Crippen LogP contribution is 2.33. The molecular weight excluding hydrogens is 508 g/mol. The van der Waals surface area contributed by atoms with Crippen LogP contribution in [0.25, 0.3) is 0 Å². The fourth-order valence-corrected chi connectivity index (χ4v) is 4.19. The van der Waals surface area contributed by atoms with Gasteiger partial charge in [0.05, 0.1) is 25.9 Å². The second-order valence-electron chi connectivity index (χ2n) is 9.61. The fourth-order valence-electron chi connectivity index (χ4n) is 4.19. The molecule has 40 heavy (non-hydrogen) atoms. The predicted octanol–water partition coefficient (Wildman–Crippen LogP) is 4.67. The number of aliphatic hydroxyl groups is 2. The summed E-state index contributed by atoms with van der Waals surface area (Å²) in [6.45, 7) is 3.09. The van der Waals surface area contributed by atoms with E-state index in [4.69, 9.17) is 35.5 Å². The highest BCUT2D eigenvalue weighted by molar-refractivity contribution is 5.40. The largest absolute Gasteiger partial charge is 0.493 e. The lowest BCUT2D eigenvalue weighted by Gasteiger charge is -2.22. The molecule has 8 nitrogen and oxygen atoms in total. The molecule has 0 bridgehead atoms. The standard InChI is InChI=1S/C32H44N2O6/c33-14-12-31(36)27-21-29(39-18-5-4-17-37-24-25-8-2-1-3-9-25)23-30(22-27)40-32(13-15-34)26-10-6-11-28(20-26)38-19-7-16-35/h1-3,6,8-11,20-23,31-32,35-36H,4-5,7,12-19,24,33-34H2. The minimum atomic E-state index is -0.724. The first-order chi connectivity index (χ1) is 19.6. The number of unbranched alkanes of at least 4 members (excludes halogenated alkanes) is 1. The predicted molar refractivity (Wildman–Crippen MR) is 157 cm³/mol. The Morgan fingerprint density at radius 3 is 2.15 bits per heavy atom. The molecule has 0 saturated heterocycles. The zero-order valence-corrected chi connectivity index (χ0v) is 23.3. The van der Waals surface area contributed by atoms with E-state index in [9.17, 15) is 5.11 Å². The van der Waals surface area contributed by atoms with Gasteiger partial charge in [0.15, 0.2) is 0 Å². The summed E-state index contributed by atoms with van der Waals surface area (Å²) in [7, 11) is 0. The van der Waals surface area contributed by atoms with E-state index in [1.807, 2.05) is 60.7 Å². The molecule has 6 N–H and O–H groups in total. The molecular formula is C32H44N2O6. The molecule has 0 radical (unpaired) electrons. The van der Waals surface area contributed by atoms with E-state index in [0.717, 1.165) is 24.0 Å². The number of hydrogen-bond acceptors (Lipinski definition) is 8. The number of rotatable bonds is 20. The third kappa shape index (κ3) is 11.2. The van der Waals surface area contributed by atoms with Gasteiger partial charge in [-0.25, -0.2) is 0 Å². The second kappa shape index (κ2) is 18.3. The van der Waals surface area contributed by atoms with Crippen molar-refractivity contribution in [2.45, 2.75) is 50.9 Å². The van der Waals surface area contributed by atoms with Crippen molar-refractivity contribution in [2.24, 2.45) is 11.5 Å². The van der Waals surface area contributed by atoms with Crippen LogP contribution in [0.4, 0.5) is 0 Å². The van der Waals surface area contributed by atoms with Crippen LogP contribution in [0.5, 0.6) is 17.2 Å². The van der Waals surface area contributed by atoms with Crippen molar-refractivity contribution in [3.8, 4) is 17.2 Å². The highest BCUT2D eigenvalue weighted by atomic mass is 16.5. The molecule has 2 unspecified atom stereocenters. The van der Waals surface area contributed by atoms with Crippen LogP contribution in [0, 0.1) is 0 Å². The van der Waals surface area contributed by atoms with Crippen LogP contribution in [-0.2, 0) is 11.3 Å². The summed E-state index contributed by atoms with van der Waals surface area (Å²) in [6.07, 6.45) is 2.26. The highest BCUT2D eigenvalue weighted by Gasteiger charge is 2.17. The molecule has 0 heterocycles. The lowest BCUT2D eigenvalue weighted by Crippen LogP contribution is -2.14. The van der Waals surface area contributed by atoms with Gasteiger partial charge in [-0.2, -0.15) is 0 Å². The van der Waals surface area contributed by atoms with Crippen LogP contribution >= 0.6 is 0 Å². The van der Waals surface area contributed by atoms with E-state index in [1.54, 1.807) is 0 Å². The quantitative estimate of drug-likeness (QED) is 0.149. The molecule has 218 valence electrons. The third-order valence-corrected chi connectivity index (χ3v) is 6.30. The molecule has 0 fully saturated rings. The molecule has 8 heteroatoms. The monoisotopic (exact) mass is 552 g/mol. The van der Waals surface area contributed by atoms with Crippen molar-refractivity contribution in [3.63, 3.8) is 0 Å². The molecule has 2 atom stereocenters. The van der Waals surface area contributed by atoms with Gasteiger partial charge in [0.1, 0.15) is 23.4 Å². The molecule has 0 aromatic heterocycles. The molecule has 0 saturated carbocycles. The van der Waals surface area contributed by atoms with Crippen molar-refractivity contribution in [1.29, 1.82) is 0 Å². The van der Waals surface area contributed by atoms with Crippen molar-refractivity contribution in [3.05, 3.63) is 89.5 Å². The summed E-state index contributed by atoms with van der Waals surface area (Å²) in [5.74, 6) is 1.92. The molecule has 3 aromatic carbocycles. The van der Waals surface area contributed by atoms with Crippen LogP contribution in [0.15, 0.2) is 72.8 Å².